The van der Waals surface area contributed by atoms with Gasteiger partial charge in [0.05, 0.1) is 6.42 Å². The fraction of sp³-hybridized carbons (Fsp3) is 0.483. The highest BCUT2D eigenvalue weighted by atomic mass is 35.5. The third kappa shape index (κ3) is 6.94. The van der Waals surface area contributed by atoms with E-state index in [0.29, 0.717) is 50.3 Å². The van der Waals surface area contributed by atoms with Crippen molar-refractivity contribution in [3.8, 4) is 0 Å². The number of carbonyl (C=O) groups is 3. The molecule has 2 amide bonds. The van der Waals surface area contributed by atoms with E-state index in [1.54, 1.807) is 15.9 Å². The number of nitrogens with zero attached hydrogens (tertiary/aromatic N) is 2. The summed E-state index contributed by atoms with van der Waals surface area (Å²) in [5.74, 6) is 0.126. The van der Waals surface area contributed by atoms with Crippen molar-refractivity contribution in [2.45, 2.75) is 78.3 Å². The number of hydrogen-bond acceptors (Lipinski definition) is 3. The van der Waals surface area contributed by atoms with Gasteiger partial charge in [-0.2, -0.15) is 0 Å². The van der Waals surface area contributed by atoms with Gasteiger partial charge in [-0.05, 0) is 63.3 Å². The first-order valence-corrected chi connectivity index (χ1v) is 12.9. The van der Waals surface area contributed by atoms with Gasteiger partial charge in [0.25, 0.3) is 0 Å². The Morgan fingerprint density at radius 3 is 2.34 bits per heavy atom. The molecule has 0 saturated carbocycles. The number of carbonyl (C=O) groups excluding carboxylic acids is 3. The smallest absolute Gasteiger partial charge is 0.248 e. The Kier molecular flexibility index (Phi) is 9.12. The molecular formula is C29H37ClN2O3. The van der Waals surface area contributed by atoms with Gasteiger partial charge in [-0.15, -0.1) is 0 Å². The van der Waals surface area contributed by atoms with Gasteiger partial charge in [-0.1, -0.05) is 60.0 Å². The van der Waals surface area contributed by atoms with Gasteiger partial charge in [0.15, 0.2) is 0 Å². The number of aryl methyl sites for hydroxylation is 2. The molecule has 6 heteroatoms. The molecule has 2 aromatic rings. The number of amides is 2. The van der Waals surface area contributed by atoms with Crippen LogP contribution < -0.4 is 0 Å². The second kappa shape index (κ2) is 11.9. The first-order chi connectivity index (χ1) is 16.6. The molecule has 3 rings (SSSR count). The minimum absolute atomic E-state index is 0.0297. The van der Waals surface area contributed by atoms with Gasteiger partial charge in [-0.25, -0.2) is 0 Å². The van der Waals surface area contributed by atoms with Crippen LogP contribution in [-0.4, -0.2) is 46.0 Å². The van der Waals surface area contributed by atoms with Crippen LogP contribution in [0, 0.1) is 13.8 Å². The number of halogens is 1. The van der Waals surface area contributed by atoms with E-state index in [-0.39, 0.29) is 24.0 Å². The molecule has 0 N–H and O–H groups in total. The molecule has 35 heavy (non-hydrogen) atoms. The predicted octanol–water partition coefficient (Wildman–Crippen LogP) is 5.67. The number of hydrogen-bond donors (Lipinski definition) is 0. The van der Waals surface area contributed by atoms with Gasteiger partial charge >= 0.3 is 0 Å². The van der Waals surface area contributed by atoms with Gasteiger partial charge in [0, 0.05) is 37.5 Å². The van der Waals surface area contributed by atoms with Crippen molar-refractivity contribution in [3.05, 3.63) is 69.7 Å². The Bertz CT molecular complexity index is 1060. The monoisotopic (exact) mass is 496 g/mol. The summed E-state index contributed by atoms with van der Waals surface area (Å²) in [5, 5.41) is 0.619. The average molecular weight is 497 g/mol. The third-order valence-electron chi connectivity index (χ3n) is 6.78. The summed E-state index contributed by atoms with van der Waals surface area (Å²) in [5.41, 5.74) is 3.28. The van der Waals surface area contributed by atoms with Crippen LogP contribution >= 0.6 is 11.6 Å². The molecule has 0 spiro atoms. The number of likely N-dealkylation sites (tertiary alicyclic amines) is 1. The average Bonchev–Trinajstić information content (AvgIpc) is 2.76. The highest BCUT2D eigenvalue weighted by molar-refractivity contribution is 6.30. The van der Waals surface area contributed by atoms with E-state index >= 15 is 0 Å². The van der Waals surface area contributed by atoms with Crippen molar-refractivity contribution in [3.63, 3.8) is 0 Å². The van der Waals surface area contributed by atoms with Crippen LogP contribution in [0.3, 0.4) is 0 Å². The molecule has 5 nitrogen and oxygen atoms in total. The van der Waals surface area contributed by atoms with Crippen LogP contribution in [0.4, 0.5) is 0 Å². The summed E-state index contributed by atoms with van der Waals surface area (Å²) in [6, 6.07) is 13.6. The Morgan fingerprint density at radius 2 is 1.74 bits per heavy atom. The molecule has 0 bridgehead atoms. The van der Waals surface area contributed by atoms with Crippen LogP contribution in [0.1, 0.15) is 68.2 Å². The minimum atomic E-state index is -0.873. The highest BCUT2D eigenvalue weighted by Crippen LogP contribution is 2.34. The number of Topliss-reactive ketones (excluding diaryl/α,β-unsaturated/α-hetero) is 1. The van der Waals surface area contributed by atoms with E-state index in [4.69, 9.17) is 11.6 Å². The molecular weight excluding hydrogens is 460 g/mol. The van der Waals surface area contributed by atoms with Crippen LogP contribution in [0.5, 0.6) is 0 Å². The second-order valence-electron chi connectivity index (χ2n) is 9.99. The molecule has 188 valence electrons. The lowest BCUT2D eigenvalue weighted by Crippen LogP contribution is -2.68. The normalized spacial score (nSPS) is 17.1. The van der Waals surface area contributed by atoms with Crippen molar-refractivity contribution < 1.29 is 14.4 Å². The van der Waals surface area contributed by atoms with Crippen molar-refractivity contribution in [1.82, 2.24) is 9.80 Å². The SMILES string of the molecule is CCCC(=O)CCCN(Cc1cccc(Cl)c1)C(=O)C1(C)CCN1C(=O)Cc1cc(C)cc(C)c1. The molecule has 1 heterocycles. The highest BCUT2D eigenvalue weighted by Gasteiger charge is 2.50. The first-order valence-electron chi connectivity index (χ1n) is 12.6. The molecule has 1 unspecified atom stereocenters. The molecule has 0 radical (unpaired) electrons. The summed E-state index contributed by atoms with van der Waals surface area (Å²) >= 11 is 6.18. The van der Waals surface area contributed by atoms with Gasteiger partial charge in [-0.3, -0.25) is 14.4 Å². The standard InChI is InChI=1S/C29H37ClN2O3/c1-5-8-26(33)11-7-13-31(20-23-9-6-10-25(30)18-23)28(35)29(4)12-14-32(29)27(34)19-24-16-21(2)15-22(3)17-24/h6,9-10,15-18H,5,7-8,11-14,19-20H2,1-4H3. The Balaban J connectivity index is 1.74. The third-order valence-corrected chi connectivity index (χ3v) is 7.01. The van der Waals surface area contributed by atoms with E-state index in [2.05, 4.69) is 6.07 Å². The van der Waals surface area contributed by atoms with Crippen molar-refractivity contribution >= 4 is 29.2 Å². The van der Waals surface area contributed by atoms with Gasteiger partial charge in [0.2, 0.25) is 11.8 Å². The van der Waals surface area contributed by atoms with E-state index in [0.717, 1.165) is 28.7 Å². The summed E-state index contributed by atoms with van der Waals surface area (Å²) < 4.78 is 0. The predicted molar refractivity (Wildman–Crippen MR) is 140 cm³/mol. The number of benzene rings is 2. The van der Waals surface area contributed by atoms with Crippen LogP contribution in [0.25, 0.3) is 0 Å². The van der Waals surface area contributed by atoms with Gasteiger partial charge in [0.1, 0.15) is 11.3 Å². The molecule has 1 aliphatic heterocycles. The Hall–Kier alpha value is -2.66. The molecule has 1 fully saturated rings. The van der Waals surface area contributed by atoms with E-state index in [1.165, 1.54) is 0 Å². The summed E-state index contributed by atoms with van der Waals surface area (Å²) in [6.45, 7) is 9.35. The van der Waals surface area contributed by atoms with Gasteiger partial charge < -0.3 is 9.80 Å². The van der Waals surface area contributed by atoms with Crippen LogP contribution in [-0.2, 0) is 27.3 Å². The lowest BCUT2D eigenvalue weighted by molar-refractivity contribution is -0.164. The van der Waals surface area contributed by atoms with Crippen molar-refractivity contribution in [2.75, 3.05) is 13.1 Å². The summed E-state index contributed by atoms with van der Waals surface area (Å²) in [7, 11) is 0. The number of rotatable bonds is 11. The fourth-order valence-electron chi connectivity index (χ4n) is 4.94. The van der Waals surface area contributed by atoms with Crippen LogP contribution in [0.2, 0.25) is 5.02 Å². The first kappa shape index (κ1) is 26.9. The topological polar surface area (TPSA) is 57.7 Å². The Morgan fingerprint density at radius 1 is 1.03 bits per heavy atom. The quantitative estimate of drug-likeness (QED) is 0.403. The molecule has 1 aliphatic rings. The zero-order chi connectivity index (χ0) is 25.6. The largest absolute Gasteiger partial charge is 0.336 e. The minimum Gasteiger partial charge on any atom is -0.336 e. The summed E-state index contributed by atoms with van der Waals surface area (Å²) in [6.07, 6.45) is 3.38. The van der Waals surface area contributed by atoms with Crippen LogP contribution in [0.15, 0.2) is 42.5 Å². The number of ketones is 1. The Labute approximate surface area is 214 Å². The second-order valence-corrected chi connectivity index (χ2v) is 10.4. The maximum Gasteiger partial charge on any atom is 0.248 e. The zero-order valence-electron chi connectivity index (χ0n) is 21.4. The van der Waals surface area contributed by atoms with Crippen molar-refractivity contribution in [2.24, 2.45) is 0 Å². The van der Waals surface area contributed by atoms with E-state index < -0.39 is 5.54 Å². The zero-order valence-corrected chi connectivity index (χ0v) is 22.2. The maximum atomic E-state index is 13.8. The fourth-order valence-corrected chi connectivity index (χ4v) is 5.15. The molecule has 1 saturated heterocycles. The molecule has 0 aliphatic carbocycles. The molecule has 0 aromatic heterocycles. The molecule has 1 atom stereocenters. The van der Waals surface area contributed by atoms with E-state index in [9.17, 15) is 14.4 Å². The van der Waals surface area contributed by atoms with E-state index in [1.807, 2.05) is 58.0 Å². The molecule has 2 aromatic carbocycles. The lowest BCUT2D eigenvalue weighted by atomic mass is 9.84. The van der Waals surface area contributed by atoms with Crippen molar-refractivity contribution in [1.29, 1.82) is 0 Å². The maximum absolute atomic E-state index is 13.8. The lowest BCUT2D eigenvalue weighted by Gasteiger charge is -2.51. The summed E-state index contributed by atoms with van der Waals surface area (Å²) in [4.78, 5) is 42.6.